The number of nitrogen functional groups attached to an aromatic ring is 1. The minimum Gasteiger partial charge on any atom is -0.480 e. The molecule has 0 aliphatic heterocycles. The molecule has 7 atom stereocenters. The first-order valence-corrected chi connectivity index (χ1v) is 22.2. The number of carbonyl (C=O) groups excluding carboxylic acids is 4. The molecule has 0 saturated carbocycles. The van der Waals surface area contributed by atoms with Gasteiger partial charge in [-0.15, -0.1) is 6.42 Å². The van der Waals surface area contributed by atoms with Gasteiger partial charge in [0, 0.05) is 48.7 Å². The summed E-state index contributed by atoms with van der Waals surface area (Å²) in [4.78, 5) is 94.4. The van der Waals surface area contributed by atoms with Crippen molar-refractivity contribution < 1.29 is 69.2 Å². The number of nitrogens with two attached hydrogens (primary N) is 2. The molecule has 0 radical (unpaired) electrons. The summed E-state index contributed by atoms with van der Waals surface area (Å²) >= 11 is 0. The number of benzene rings is 2. The number of aromatic nitrogens is 2. The van der Waals surface area contributed by atoms with Crippen LogP contribution in [0, 0.1) is 12.3 Å². The largest absolute Gasteiger partial charge is 0.480 e. The number of terminal acetylenes is 1. The lowest BCUT2D eigenvalue weighted by molar-refractivity contribution is -0.144. The molecule has 3 unspecified atom stereocenters. The predicted octanol–water partition coefficient (Wildman–Crippen LogP) is -2.74. The maximum Gasteiger partial charge on any atom is 0.327 e. The lowest BCUT2D eigenvalue weighted by atomic mass is 10.0. The molecule has 0 spiro atoms. The number of H-pyrrole nitrogens is 1. The van der Waals surface area contributed by atoms with Crippen LogP contribution >= 0.6 is 21.6 Å². The Hall–Kier alpha value is -5.98. The first kappa shape index (κ1) is 53.4. The summed E-state index contributed by atoms with van der Waals surface area (Å²) in [5.74, 6) is -3.11. The zero-order valence-electron chi connectivity index (χ0n) is 34.7. The van der Waals surface area contributed by atoms with E-state index in [-0.39, 0.29) is 61.9 Å². The summed E-state index contributed by atoms with van der Waals surface area (Å²) in [6, 6.07) is 7.25. The van der Waals surface area contributed by atoms with Crippen LogP contribution in [-0.2, 0) is 35.3 Å². The van der Waals surface area contributed by atoms with Crippen LogP contribution in [0.15, 0.2) is 47.3 Å². The molecule has 15 N–H and O–H groups in total. The van der Waals surface area contributed by atoms with E-state index in [4.69, 9.17) is 27.7 Å². The van der Waals surface area contributed by atoms with Crippen LogP contribution in [0.4, 0.5) is 11.6 Å². The summed E-state index contributed by atoms with van der Waals surface area (Å²) < 4.78 is 5.14. The Morgan fingerprint density at radius 1 is 0.908 bits per heavy atom. The number of carbonyl (C=O) groups is 6. The van der Waals surface area contributed by atoms with Crippen molar-refractivity contribution in [3.8, 4) is 12.3 Å². The number of esters is 1. The first-order valence-electron chi connectivity index (χ1n) is 19.7. The fraction of sp³-hybridized carbons (Fsp3) is 0.450. The SMILES string of the molecule is C#CCN(Cc1ccc2nc(N)[nH]c(=O)c2c1)c1ccc(C(=O)NC(CCC(=O)OCCSSCC(NC(=O)C(N)CCC(=O)NC[C@H](O)[C@@H](O)[C@H](O)[C@H](O)CO)C(=O)O)C(=O)O)cc1. The highest BCUT2D eigenvalue weighted by Gasteiger charge is 2.30. The van der Waals surface area contributed by atoms with Gasteiger partial charge in [0.2, 0.25) is 17.8 Å². The average molecular weight is 949 g/mol. The lowest BCUT2D eigenvalue weighted by Gasteiger charge is -2.25. The number of hydrogen-bond donors (Lipinski definition) is 13. The number of nitrogens with zero attached hydrogens (tertiary/aromatic N) is 2. The number of aliphatic hydroxyl groups is 5. The highest BCUT2D eigenvalue weighted by molar-refractivity contribution is 8.76. The molecule has 0 aliphatic carbocycles. The van der Waals surface area contributed by atoms with Crippen LogP contribution in [0.2, 0.25) is 0 Å². The van der Waals surface area contributed by atoms with Crippen molar-refractivity contribution in [3.63, 3.8) is 0 Å². The monoisotopic (exact) mass is 948 g/mol. The number of carboxylic acids is 2. The van der Waals surface area contributed by atoms with Crippen LogP contribution in [0.25, 0.3) is 10.9 Å². The van der Waals surface area contributed by atoms with E-state index in [9.17, 15) is 64.2 Å². The summed E-state index contributed by atoms with van der Waals surface area (Å²) in [5.41, 5.74) is 13.0. The van der Waals surface area contributed by atoms with Gasteiger partial charge >= 0.3 is 17.9 Å². The molecule has 0 saturated heterocycles. The zero-order chi connectivity index (χ0) is 48.2. The number of fused-ring (bicyclic) bond motifs is 1. The molecule has 354 valence electrons. The molecule has 0 bridgehead atoms. The molecule has 1 heterocycles. The number of ether oxygens (including phenoxy) is 1. The van der Waals surface area contributed by atoms with Gasteiger partial charge in [-0.3, -0.25) is 29.0 Å². The van der Waals surface area contributed by atoms with Crippen molar-refractivity contribution in [1.29, 1.82) is 0 Å². The van der Waals surface area contributed by atoms with Crippen molar-refractivity contribution >= 4 is 79.8 Å². The normalized spacial score (nSPS) is 14.4. The molecule has 0 aliphatic rings. The number of aliphatic carboxylic acids is 2. The number of rotatable bonds is 28. The summed E-state index contributed by atoms with van der Waals surface area (Å²) in [6.07, 6.45) is -2.77. The van der Waals surface area contributed by atoms with Gasteiger partial charge < -0.3 is 72.8 Å². The van der Waals surface area contributed by atoms with E-state index in [1.807, 2.05) is 4.90 Å². The van der Waals surface area contributed by atoms with Gasteiger partial charge in [0.15, 0.2) is 0 Å². The van der Waals surface area contributed by atoms with E-state index in [0.717, 1.165) is 27.2 Å². The molecule has 2 aromatic carbocycles. The van der Waals surface area contributed by atoms with Gasteiger partial charge in [-0.25, -0.2) is 14.6 Å². The van der Waals surface area contributed by atoms with E-state index >= 15 is 0 Å². The second-order valence-corrected chi connectivity index (χ2v) is 16.9. The van der Waals surface area contributed by atoms with Gasteiger partial charge in [-0.2, -0.15) is 0 Å². The Balaban J connectivity index is 1.37. The fourth-order valence-electron chi connectivity index (χ4n) is 5.75. The van der Waals surface area contributed by atoms with Crippen molar-refractivity contribution in [3.05, 3.63) is 63.9 Å². The quantitative estimate of drug-likeness (QED) is 0.0152. The second kappa shape index (κ2) is 26.7. The molecular formula is C40H52N8O15S2. The van der Waals surface area contributed by atoms with Crippen LogP contribution in [-0.4, -0.2) is 162 Å². The minimum atomic E-state index is -1.89. The van der Waals surface area contributed by atoms with E-state index in [2.05, 4.69) is 31.8 Å². The predicted molar refractivity (Wildman–Crippen MR) is 238 cm³/mol. The minimum absolute atomic E-state index is 0.00366. The van der Waals surface area contributed by atoms with Gasteiger partial charge in [-0.1, -0.05) is 33.6 Å². The van der Waals surface area contributed by atoms with Crippen molar-refractivity contribution in [1.82, 2.24) is 25.9 Å². The maximum atomic E-state index is 13.0. The van der Waals surface area contributed by atoms with Crippen LogP contribution in [0.1, 0.15) is 41.6 Å². The van der Waals surface area contributed by atoms with Gasteiger partial charge in [0.1, 0.15) is 37.0 Å². The van der Waals surface area contributed by atoms with Gasteiger partial charge in [0.05, 0.1) is 36.2 Å². The second-order valence-electron chi connectivity index (χ2n) is 14.3. The number of nitrogens with one attached hydrogen (secondary N) is 4. The molecule has 3 aromatic rings. The molecule has 25 heteroatoms. The molecule has 23 nitrogen and oxygen atoms in total. The van der Waals surface area contributed by atoms with Crippen LogP contribution < -0.4 is 37.9 Å². The van der Waals surface area contributed by atoms with E-state index in [0.29, 0.717) is 23.1 Å². The first-order chi connectivity index (χ1) is 30.8. The third-order valence-electron chi connectivity index (χ3n) is 9.39. The number of aliphatic hydroxyl groups excluding tert-OH is 5. The maximum absolute atomic E-state index is 13.0. The average Bonchev–Trinajstić information content (AvgIpc) is 3.28. The Morgan fingerprint density at radius 3 is 2.23 bits per heavy atom. The number of aromatic amines is 1. The zero-order valence-corrected chi connectivity index (χ0v) is 36.3. The Labute approximate surface area is 379 Å². The number of anilines is 2. The van der Waals surface area contributed by atoms with Gasteiger partial charge in [-0.05, 0) is 54.8 Å². The number of hydrogen-bond acceptors (Lipinski definition) is 19. The van der Waals surface area contributed by atoms with Crippen LogP contribution in [0.5, 0.6) is 0 Å². The Morgan fingerprint density at radius 2 is 1.58 bits per heavy atom. The highest BCUT2D eigenvalue weighted by atomic mass is 33.1. The third kappa shape index (κ3) is 17.5. The molecule has 3 rings (SSSR count). The Kier molecular flexibility index (Phi) is 21.9. The van der Waals surface area contributed by atoms with Crippen LogP contribution in [0.3, 0.4) is 0 Å². The lowest BCUT2D eigenvalue weighted by Crippen LogP contribution is -2.50. The summed E-state index contributed by atoms with van der Waals surface area (Å²) in [7, 11) is 2.17. The van der Waals surface area contributed by atoms with Crippen molar-refractivity contribution in [2.75, 3.05) is 48.4 Å². The summed E-state index contributed by atoms with van der Waals surface area (Å²) in [6.45, 7) is -1.05. The van der Waals surface area contributed by atoms with Crippen molar-refractivity contribution in [2.24, 2.45) is 5.73 Å². The molecule has 65 heavy (non-hydrogen) atoms. The van der Waals surface area contributed by atoms with E-state index < -0.39 is 96.9 Å². The topological polar surface area (TPSA) is 390 Å². The summed E-state index contributed by atoms with van der Waals surface area (Å²) in [5, 5.41) is 74.1. The van der Waals surface area contributed by atoms with Gasteiger partial charge in [0.25, 0.3) is 11.5 Å². The molecule has 0 fully saturated rings. The standard InChI is InChI=1S/C40H52N8O15S2/c1-2-13-48(18-21-3-9-26-24(16-21)36(57)47-40(42)46-26)23-6-4-22(5-7-23)35(56)44-27(38(59)60)10-12-32(53)63-14-15-64-65-20-28(39(61)62)45-37(58)25(41)8-11-31(52)43-17-29(50)33(54)34(55)30(51)19-49/h1,3-7,9,16,25,27-30,33-34,49-51,54-55H,8,10-15,17-20,41H2,(H,43,52)(H,44,56)(H,45,58)(H,59,60)(H,61,62)(H3,42,46,47,57)/t25?,27?,28?,29-,30+,33+,34+/m0/s1. The molecule has 1 aromatic heterocycles. The highest BCUT2D eigenvalue weighted by Crippen LogP contribution is 2.23. The number of amides is 3. The molecule has 3 amide bonds. The smallest absolute Gasteiger partial charge is 0.327 e. The van der Waals surface area contributed by atoms with E-state index in [1.54, 1.807) is 30.3 Å². The molecular weight excluding hydrogens is 897 g/mol. The third-order valence-corrected chi connectivity index (χ3v) is 11.8. The van der Waals surface area contributed by atoms with E-state index in [1.165, 1.54) is 12.1 Å². The fourth-order valence-corrected chi connectivity index (χ4v) is 7.74. The number of carboxylic acid groups (broad SMARTS) is 2. The Bertz CT molecular complexity index is 2210. The van der Waals surface area contributed by atoms with Crippen molar-refractivity contribution in [2.45, 2.75) is 74.8 Å².